The lowest BCUT2D eigenvalue weighted by atomic mass is 10.4. The summed E-state index contributed by atoms with van der Waals surface area (Å²) < 4.78 is 0. The second-order valence-corrected chi connectivity index (χ2v) is 20.8. The van der Waals surface area contributed by atoms with E-state index in [0.717, 1.165) is 0 Å². The zero-order valence-electron chi connectivity index (χ0n) is 5.46. The third-order valence-corrected chi connectivity index (χ3v) is 10.3. The van der Waals surface area contributed by atoms with Crippen molar-refractivity contribution in [2.75, 3.05) is 0 Å². The lowest BCUT2D eigenvalue weighted by molar-refractivity contribution is 0.882. The van der Waals surface area contributed by atoms with E-state index in [1.165, 1.54) is 18.9 Å². The fourth-order valence-corrected chi connectivity index (χ4v) is 7.29. The Balaban J connectivity index is 3.07. The lowest BCUT2D eigenvalue weighted by Gasteiger charge is -2.04. The average molecular weight is 222 g/mol. The summed E-state index contributed by atoms with van der Waals surface area (Å²) in [5.74, 6) is 0. The molecule has 0 aliphatic heterocycles. The number of halogens is 3. The molecule has 0 radical (unpaired) electrons. The van der Waals surface area contributed by atoms with Crippen molar-refractivity contribution in [2.24, 2.45) is 0 Å². The van der Waals surface area contributed by atoms with Gasteiger partial charge in [-0.3, -0.25) is 0 Å². The molecule has 0 aromatic rings. The van der Waals surface area contributed by atoms with Crippen LogP contribution in [0.25, 0.3) is 0 Å². The highest BCUT2D eigenvalue weighted by Crippen LogP contribution is 2.19. The molecule has 0 aliphatic rings. The van der Waals surface area contributed by atoms with Crippen LogP contribution in [0.4, 0.5) is 0 Å². The number of hydrogen-bond acceptors (Lipinski definition) is 0. The fourth-order valence-electron chi connectivity index (χ4n) is 0.575. The molecule has 0 saturated heterocycles. The van der Waals surface area contributed by atoms with Gasteiger partial charge in [-0.15, -0.1) is 33.2 Å². The third-order valence-electron chi connectivity index (χ3n) is 1.06. The molecular weight excluding hydrogens is 211 g/mol. The maximum Gasteiger partial charge on any atom is 0.317 e. The first kappa shape index (κ1) is 10.3. The minimum Gasteiger partial charge on any atom is -0.130 e. The highest BCUT2D eigenvalue weighted by molar-refractivity contribution is 7.82. The molecule has 0 N–H and O–H groups in total. The first-order valence-corrected chi connectivity index (χ1v) is 11.5. The summed E-state index contributed by atoms with van der Waals surface area (Å²) in [7, 11) is -0.326. The van der Waals surface area contributed by atoms with Crippen LogP contribution in [0.5, 0.6) is 0 Å². The predicted octanol–water partition coefficient (Wildman–Crippen LogP) is 2.53. The summed E-state index contributed by atoms with van der Waals surface area (Å²) in [5.41, 5.74) is -2.14. The van der Waals surface area contributed by atoms with Gasteiger partial charge in [-0.05, 0) is 0 Å². The Morgan fingerprint density at radius 3 is 2.22 bits per heavy atom. The van der Waals surface area contributed by atoms with Crippen LogP contribution in [0.1, 0.15) is 19.8 Å². The van der Waals surface area contributed by atoms with E-state index in [9.17, 15) is 0 Å². The highest BCUT2D eigenvalue weighted by Gasteiger charge is 2.23. The molecule has 0 nitrogen and oxygen atoms in total. The second-order valence-electron chi connectivity index (χ2n) is 2.07. The molecule has 0 spiro atoms. The monoisotopic (exact) mass is 220 g/mol. The van der Waals surface area contributed by atoms with Crippen LogP contribution in [0.15, 0.2) is 0 Å². The molecule has 0 aliphatic carbocycles. The summed E-state index contributed by atoms with van der Waals surface area (Å²) in [6.45, 7) is 2.16. The fraction of sp³-hybridized carbons (Fsp3) is 1.00. The number of hydrogen-bond donors (Lipinski definition) is 0. The van der Waals surface area contributed by atoms with Crippen LogP contribution in [0.3, 0.4) is 0 Å². The Morgan fingerprint density at radius 1 is 1.33 bits per heavy atom. The third kappa shape index (κ3) is 9.30. The van der Waals surface area contributed by atoms with Crippen LogP contribution in [-0.2, 0) is 0 Å². The van der Waals surface area contributed by atoms with E-state index < -0.39 is 5.52 Å². The maximum absolute atomic E-state index is 5.70. The first-order valence-electron chi connectivity index (χ1n) is 3.13. The summed E-state index contributed by atoms with van der Waals surface area (Å²) in [6.07, 6.45) is 2.47. The minimum absolute atomic E-state index is 0.326. The zero-order valence-corrected chi connectivity index (χ0v) is 10.1. The molecule has 0 amide bonds. The van der Waals surface area contributed by atoms with Gasteiger partial charge in [0.15, 0.2) is 0 Å². The van der Waals surface area contributed by atoms with Crippen molar-refractivity contribution in [1.29, 1.82) is 0 Å². The van der Waals surface area contributed by atoms with Gasteiger partial charge in [0.2, 0.25) is 0 Å². The van der Waals surface area contributed by atoms with Crippen LogP contribution < -0.4 is 0 Å². The smallest absolute Gasteiger partial charge is 0.130 e. The van der Waals surface area contributed by atoms with Crippen molar-refractivity contribution in [3.8, 4) is 0 Å². The van der Waals surface area contributed by atoms with E-state index >= 15 is 0 Å². The van der Waals surface area contributed by atoms with Gasteiger partial charge in [0.05, 0.1) is 9.04 Å². The lowest BCUT2D eigenvalue weighted by Crippen LogP contribution is -2.20. The summed E-state index contributed by atoms with van der Waals surface area (Å²) in [4.78, 5) is 0. The van der Waals surface area contributed by atoms with Crippen molar-refractivity contribution < 1.29 is 0 Å². The van der Waals surface area contributed by atoms with E-state index in [1.807, 2.05) is 0 Å². The quantitative estimate of drug-likeness (QED) is 0.389. The first-order chi connectivity index (χ1) is 4.06. The Hall–Kier alpha value is 1.30. The van der Waals surface area contributed by atoms with Crippen LogP contribution in [0.2, 0.25) is 6.04 Å². The normalized spacial score (nSPS) is 13.3. The number of rotatable bonds is 4. The molecule has 0 atom stereocenters. The van der Waals surface area contributed by atoms with Gasteiger partial charge >= 0.3 is 5.52 Å². The molecular formula is C4H11Cl3Si2. The largest absolute Gasteiger partial charge is 0.317 e. The molecule has 0 bridgehead atoms. The van der Waals surface area contributed by atoms with Crippen LogP contribution >= 0.6 is 33.2 Å². The van der Waals surface area contributed by atoms with E-state index in [4.69, 9.17) is 33.2 Å². The van der Waals surface area contributed by atoms with Crippen molar-refractivity contribution in [3.63, 3.8) is 0 Å². The summed E-state index contributed by atoms with van der Waals surface area (Å²) >= 11 is 17.1. The van der Waals surface area contributed by atoms with Gasteiger partial charge in [-0.1, -0.05) is 25.8 Å². The van der Waals surface area contributed by atoms with Crippen molar-refractivity contribution in [3.05, 3.63) is 0 Å². The van der Waals surface area contributed by atoms with Gasteiger partial charge in [0.1, 0.15) is 0 Å². The molecule has 0 aromatic carbocycles. The van der Waals surface area contributed by atoms with E-state index in [-0.39, 0.29) is 9.04 Å². The predicted molar refractivity (Wildman–Crippen MR) is 51.6 cm³/mol. The van der Waals surface area contributed by atoms with Crippen LogP contribution in [0, 0.1) is 0 Å². The molecule has 9 heavy (non-hydrogen) atoms. The Bertz CT molecular complexity index is 70.7. The van der Waals surface area contributed by atoms with Gasteiger partial charge in [-0.25, -0.2) is 0 Å². The van der Waals surface area contributed by atoms with Crippen molar-refractivity contribution in [2.45, 2.75) is 25.8 Å². The molecule has 0 heterocycles. The molecule has 5 heteroatoms. The van der Waals surface area contributed by atoms with Crippen LogP contribution in [-0.4, -0.2) is 14.6 Å². The molecule has 0 fully saturated rings. The van der Waals surface area contributed by atoms with E-state index in [1.54, 1.807) is 0 Å². The van der Waals surface area contributed by atoms with Gasteiger partial charge in [0.25, 0.3) is 0 Å². The Labute approximate surface area is 73.6 Å². The number of unbranched alkanes of at least 4 members (excludes halogenated alkanes) is 1. The second kappa shape index (κ2) is 5.02. The minimum atomic E-state index is -2.14. The molecule has 0 rings (SSSR count). The maximum atomic E-state index is 5.70. The van der Waals surface area contributed by atoms with Gasteiger partial charge < -0.3 is 0 Å². The van der Waals surface area contributed by atoms with Crippen molar-refractivity contribution in [1.82, 2.24) is 0 Å². The van der Waals surface area contributed by atoms with Gasteiger partial charge in [0, 0.05) is 0 Å². The molecule has 0 saturated carbocycles. The highest BCUT2D eigenvalue weighted by atomic mass is 35.8. The summed E-state index contributed by atoms with van der Waals surface area (Å²) in [6, 6.07) is 1.21. The molecule has 0 aromatic heterocycles. The molecule has 56 valence electrons. The van der Waals surface area contributed by atoms with E-state index in [0.29, 0.717) is 0 Å². The zero-order chi connectivity index (χ0) is 7.33. The van der Waals surface area contributed by atoms with Crippen molar-refractivity contribution >= 4 is 47.8 Å². The Morgan fingerprint density at radius 2 is 1.89 bits per heavy atom. The average Bonchev–Trinajstić information content (AvgIpc) is 1.63. The summed E-state index contributed by atoms with van der Waals surface area (Å²) in [5, 5.41) is 0. The topological polar surface area (TPSA) is 0 Å². The Kier molecular flexibility index (Phi) is 5.75. The van der Waals surface area contributed by atoms with E-state index in [2.05, 4.69) is 6.92 Å². The molecule has 0 unspecified atom stereocenters. The standard InChI is InChI=1S/C4H11Cl3Si2/c1-2-3-4-8-9(5,6)7/h2-4,8H2,1H3. The SMILES string of the molecule is CCCC[SiH2][Si](Cl)(Cl)Cl. The van der Waals surface area contributed by atoms with Gasteiger partial charge in [-0.2, -0.15) is 0 Å².